The van der Waals surface area contributed by atoms with E-state index in [1.54, 1.807) is 6.07 Å². The number of hydrogen-bond acceptors (Lipinski definition) is 8. The van der Waals surface area contributed by atoms with E-state index >= 15 is 0 Å². The third-order valence-corrected chi connectivity index (χ3v) is 8.14. The Labute approximate surface area is 217 Å². The molecule has 17 heteroatoms. The summed E-state index contributed by atoms with van der Waals surface area (Å²) in [6, 6.07) is 5.99. The number of ether oxygens (including phenoxy) is 3. The van der Waals surface area contributed by atoms with E-state index in [0.29, 0.717) is 3.57 Å². The van der Waals surface area contributed by atoms with E-state index in [1.807, 2.05) is 22.6 Å². The molecule has 0 radical (unpaired) electrons. The van der Waals surface area contributed by atoms with Crippen LogP contribution in [0, 0.1) is 27.2 Å². The Kier molecular flexibility index (Phi) is 6.75. The minimum Gasteiger partial charge on any atom is -0.458 e. The molecule has 1 aromatic rings. The first-order chi connectivity index (χ1) is 16.9. The summed E-state index contributed by atoms with van der Waals surface area (Å²) in [6.45, 7) is 0. The van der Waals surface area contributed by atoms with Crippen molar-refractivity contribution in [2.24, 2.45) is 23.7 Å². The van der Waals surface area contributed by atoms with Gasteiger partial charge >= 0.3 is 35.9 Å². The highest BCUT2D eigenvalue weighted by Crippen LogP contribution is 2.60. The number of benzene rings is 1. The predicted octanol–water partition coefficient (Wildman–Crippen LogP) is 2.92. The van der Waals surface area contributed by atoms with E-state index in [4.69, 9.17) is 14.0 Å². The first-order valence-electron chi connectivity index (χ1n) is 10.3. The molecular weight excluding hydrogens is 657 g/mol. The molecule has 1 N–H and O–H groups in total. The lowest BCUT2D eigenvalue weighted by atomic mass is 9.78. The van der Waals surface area contributed by atoms with Crippen molar-refractivity contribution in [1.29, 1.82) is 0 Å². The molecule has 204 valence electrons. The monoisotopic (exact) mass is 672 g/mol. The Morgan fingerprint density at radius 3 is 2.27 bits per heavy atom. The average molecular weight is 672 g/mol. The number of carbonyl (C=O) groups is 3. The summed E-state index contributed by atoms with van der Waals surface area (Å²) in [5, 5.41) is 0. The maximum atomic E-state index is 13.6. The quantitative estimate of drug-likeness (QED) is 0.159. The number of rotatable bonds is 6. The van der Waals surface area contributed by atoms with Crippen LogP contribution < -0.4 is 0 Å². The highest BCUT2D eigenvalue weighted by atomic mass is 127. The third kappa shape index (κ3) is 4.77. The van der Waals surface area contributed by atoms with Crippen LogP contribution in [0.3, 0.4) is 0 Å². The van der Waals surface area contributed by atoms with Crippen LogP contribution >= 0.6 is 22.6 Å². The summed E-state index contributed by atoms with van der Waals surface area (Å²) in [7, 11) is -5.99. The Balaban J connectivity index is 1.66. The zero-order valence-electron chi connectivity index (χ0n) is 18.0. The van der Waals surface area contributed by atoms with E-state index in [9.17, 15) is 49.1 Å². The lowest BCUT2D eigenvalue weighted by molar-refractivity contribution is -0.362. The molecule has 4 rings (SSSR count). The van der Waals surface area contributed by atoms with Crippen LogP contribution in [0.15, 0.2) is 24.3 Å². The summed E-state index contributed by atoms with van der Waals surface area (Å²) in [6.07, 6.45) is -15.6. The van der Waals surface area contributed by atoms with Gasteiger partial charge in [0.05, 0.1) is 17.4 Å². The molecule has 1 aliphatic heterocycles. The van der Waals surface area contributed by atoms with E-state index < -0.39 is 87.6 Å². The summed E-state index contributed by atoms with van der Waals surface area (Å²) in [4.78, 5) is 37.9. The van der Waals surface area contributed by atoms with E-state index in [1.165, 1.54) is 18.2 Å². The first-order valence-corrected chi connectivity index (χ1v) is 13.0. The smallest absolute Gasteiger partial charge is 0.438 e. The first kappa shape index (κ1) is 27.9. The minimum atomic E-state index is -6.52. The molecule has 0 aromatic heterocycles. The van der Waals surface area contributed by atoms with Gasteiger partial charge in [-0.1, -0.05) is 6.07 Å². The SMILES string of the molecule is O=C(OC1C2CC3C1OC(=O)C3C2C(=O)OC(CS(=O)(=O)O)(C(F)(F)F)C(F)(F)F)c1cccc(I)c1. The molecule has 2 saturated carbocycles. The second-order valence-electron chi connectivity index (χ2n) is 8.87. The zero-order valence-corrected chi connectivity index (χ0v) is 20.9. The van der Waals surface area contributed by atoms with Gasteiger partial charge in [0.2, 0.25) is 0 Å². The number of fused-ring (bicyclic) bond motifs is 1. The van der Waals surface area contributed by atoms with Crippen LogP contribution in [0.2, 0.25) is 0 Å². The van der Waals surface area contributed by atoms with Gasteiger partial charge in [-0.3, -0.25) is 14.1 Å². The Hall–Kier alpha value is -2.15. The van der Waals surface area contributed by atoms with Crippen molar-refractivity contribution < 1.29 is 67.9 Å². The lowest BCUT2D eigenvalue weighted by Gasteiger charge is -2.38. The molecule has 0 amide bonds. The fourth-order valence-corrected chi connectivity index (χ4v) is 6.69. The van der Waals surface area contributed by atoms with Gasteiger partial charge in [0.1, 0.15) is 18.0 Å². The largest absolute Gasteiger partial charge is 0.458 e. The second kappa shape index (κ2) is 8.96. The van der Waals surface area contributed by atoms with Gasteiger partial charge < -0.3 is 14.2 Å². The van der Waals surface area contributed by atoms with Gasteiger partial charge in [0.25, 0.3) is 10.1 Å². The van der Waals surface area contributed by atoms with E-state index in [-0.39, 0.29) is 12.0 Å². The van der Waals surface area contributed by atoms with Gasteiger partial charge in [-0.25, -0.2) is 4.79 Å². The minimum absolute atomic E-state index is 0.0518. The maximum Gasteiger partial charge on any atom is 0.438 e. The van der Waals surface area contributed by atoms with Gasteiger partial charge in [0.15, 0.2) is 0 Å². The van der Waals surface area contributed by atoms with Crippen molar-refractivity contribution in [2.45, 2.75) is 36.6 Å². The number of alkyl halides is 6. The highest BCUT2D eigenvalue weighted by Gasteiger charge is 2.77. The molecule has 3 fully saturated rings. The Morgan fingerprint density at radius 2 is 1.73 bits per heavy atom. The van der Waals surface area contributed by atoms with Crippen molar-refractivity contribution in [2.75, 3.05) is 5.75 Å². The topological polar surface area (TPSA) is 133 Å². The van der Waals surface area contributed by atoms with Crippen LogP contribution in [0.5, 0.6) is 0 Å². The van der Waals surface area contributed by atoms with Crippen molar-refractivity contribution >= 4 is 50.6 Å². The number of carbonyl (C=O) groups excluding carboxylic acids is 3. The fourth-order valence-electron chi connectivity index (χ4n) is 5.24. The molecular formula is C20H15F6IO9S. The summed E-state index contributed by atoms with van der Waals surface area (Å²) in [5.41, 5.74) is -5.57. The number of halogens is 7. The number of hydrogen-bond donors (Lipinski definition) is 1. The van der Waals surface area contributed by atoms with E-state index in [0.717, 1.165) is 0 Å². The molecule has 1 aromatic carbocycles. The predicted molar refractivity (Wildman–Crippen MR) is 114 cm³/mol. The standard InChI is InChI=1S/C20H15F6IO9S/c21-19(22,23)18(20(24,25)26,6-37(31,32)33)36-17(30)12-10-5-9-11(12)16(29)35-14(9)13(10)34-15(28)7-2-1-3-8(27)4-7/h1-4,9-14H,5-6H2,(H,31,32,33). The molecule has 1 heterocycles. The molecule has 6 atom stereocenters. The van der Waals surface area contributed by atoms with Crippen LogP contribution in [-0.2, 0) is 33.9 Å². The lowest BCUT2D eigenvalue weighted by Crippen LogP contribution is -2.64. The molecule has 3 aliphatic rings. The van der Waals surface area contributed by atoms with Crippen LogP contribution in [-0.4, -0.2) is 66.8 Å². The fraction of sp³-hybridized carbons (Fsp3) is 0.550. The zero-order chi connectivity index (χ0) is 27.7. The summed E-state index contributed by atoms with van der Waals surface area (Å²) in [5.74, 6) is -12.9. The van der Waals surface area contributed by atoms with Gasteiger partial charge in [-0.05, 0) is 47.2 Å². The molecule has 2 aliphatic carbocycles. The van der Waals surface area contributed by atoms with E-state index in [2.05, 4.69) is 4.74 Å². The van der Waals surface area contributed by atoms with Crippen molar-refractivity contribution in [1.82, 2.24) is 0 Å². The van der Waals surface area contributed by atoms with Gasteiger partial charge in [0, 0.05) is 15.4 Å². The third-order valence-electron chi connectivity index (χ3n) is 6.70. The Bertz CT molecular complexity index is 1230. The van der Waals surface area contributed by atoms with Gasteiger partial charge in [-0.2, -0.15) is 34.8 Å². The van der Waals surface area contributed by atoms with Crippen molar-refractivity contribution in [3.8, 4) is 0 Å². The van der Waals surface area contributed by atoms with Crippen LogP contribution in [0.25, 0.3) is 0 Å². The maximum absolute atomic E-state index is 13.6. The summed E-state index contributed by atoms with van der Waals surface area (Å²) >= 11 is 1.91. The summed E-state index contributed by atoms with van der Waals surface area (Å²) < 4.78 is 128. The highest BCUT2D eigenvalue weighted by molar-refractivity contribution is 14.1. The van der Waals surface area contributed by atoms with Crippen LogP contribution in [0.1, 0.15) is 16.8 Å². The number of esters is 3. The molecule has 9 nitrogen and oxygen atoms in total. The molecule has 2 bridgehead atoms. The molecule has 1 saturated heterocycles. The van der Waals surface area contributed by atoms with Crippen molar-refractivity contribution in [3.05, 3.63) is 33.4 Å². The Morgan fingerprint density at radius 1 is 1.11 bits per heavy atom. The molecule has 0 spiro atoms. The van der Waals surface area contributed by atoms with Crippen LogP contribution in [0.4, 0.5) is 26.3 Å². The molecule has 37 heavy (non-hydrogen) atoms. The normalized spacial score (nSPS) is 29.2. The van der Waals surface area contributed by atoms with Crippen molar-refractivity contribution in [3.63, 3.8) is 0 Å². The average Bonchev–Trinajstić information content (AvgIpc) is 3.34. The second-order valence-corrected chi connectivity index (χ2v) is 11.6. The molecule has 6 unspecified atom stereocenters. The van der Waals surface area contributed by atoms with Gasteiger partial charge in [-0.15, -0.1) is 0 Å².